The summed E-state index contributed by atoms with van der Waals surface area (Å²) in [5, 5.41) is 4.23. The third kappa shape index (κ3) is 3.85. The molecule has 1 fully saturated rings. The van der Waals surface area contributed by atoms with Crippen molar-refractivity contribution in [2.45, 2.75) is 18.6 Å². The van der Waals surface area contributed by atoms with E-state index in [1.54, 1.807) is 18.4 Å². The van der Waals surface area contributed by atoms with Crippen molar-refractivity contribution >= 4 is 44.6 Å². The van der Waals surface area contributed by atoms with Crippen LogP contribution >= 0.6 is 39.5 Å². The topological polar surface area (TPSA) is 37.4 Å². The maximum absolute atomic E-state index is 5.70. The number of nitrogens with zero attached hydrogens (tertiary/aromatic N) is 2. The lowest BCUT2D eigenvalue weighted by atomic mass is 10.0. The number of hydrogen-bond acceptors (Lipinski definition) is 4. The number of thiophene rings is 1. The van der Waals surface area contributed by atoms with Crippen LogP contribution in [0.15, 0.2) is 64.6 Å². The monoisotopic (exact) mass is 459 g/mol. The van der Waals surface area contributed by atoms with Crippen LogP contribution in [0.5, 0.6) is 5.75 Å². The van der Waals surface area contributed by atoms with E-state index < -0.39 is 0 Å². The van der Waals surface area contributed by atoms with E-state index in [-0.39, 0.29) is 12.1 Å². The summed E-state index contributed by atoms with van der Waals surface area (Å²) in [6.45, 7) is 0.722. The molecule has 7 heteroatoms. The first-order valence-corrected chi connectivity index (χ1v) is 10.5. The number of ether oxygens (including phenoxy) is 1. The summed E-state index contributed by atoms with van der Waals surface area (Å²) in [7, 11) is 1.68. The highest BCUT2D eigenvalue weighted by molar-refractivity contribution is 9.11. The van der Waals surface area contributed by atoms with E-state index in [9.17, 15) is 0 Å². The van der Waals surface area contributed by atoms with Gasteiger partial charge in [-0.3, -0.25) is 4.98 Å². The standard InChI is InChI=1S/C20H18BrN3OS2/c1-25-14-7-5-13(6-8-14)12-24-19(16-9-10-17(21)27-16)18(23-20(24)26)15-4-2-3-11-22-15/h2-11,18-19H,12H2,1H3,(H,23,26)/t18-,19-/m0/s1. The summed E-state index contributed by atoms with van der Waals surface area (Å²) in [5.74, 6) is 0.853. The van der Waals surface area contributed by atoms with Gasteiger partial charge in [-0.2, -0.15) is 0 Å². The van der Waals surface area contributed by atoms with Crippen molar-refractivity contribution in [1.82, 2.24) is 15.2 Å². The minimum atomic E-state index is 0.0162. The molecular weight excluding hydrogens is 442 g/mol. The van der Waals surface area contributed by atoms with Gasteiger partial charge in [-0.05, 0) is 70.1 Å². The Morgan fingerprint density at radius 3 is 2.63 bits per heavy atom. The van der Waals surface area contributed by atoms with Crippen molar-refractivity contribution < 1.29 is 4.74 Å². The largest absolute Gasteiger partial charge is 0.497 e. The fraction of sp³-hybridized carbons (Fsp3) is 0.200. The molecule has 0 spiro atoms. The van der Waals surface area contributed by atoms with Gasteiger partial charge in [0, 0.05) is 17.6 Å². The molecule has 0 radical (unpaired) electrons. The first kappa shape index (κ1) is 18.4. The Hall–Kier alpha value is -1.96. The number of aromatic nitrogens is 1. The number of thiocarbonyl (C=S) groups is 1. The van der Waals surface area contributed by atoms with Crippen molar-refractivity contribution in [3.63, 3.8) is 0 Å². The summed E-state index contributed by atoms with van der Waals surface area (Å²) in [4.78, 5) is 8.06. The van der Waals surface area contributed by atoms with Crippen LogP contribution in [-0.2, 0) is 6.54 Å². The minimum Gasteiger partial charge on any atom is -0.497 e. The first-order chi connectivity index (χ1) is 13.2. The molecule has 1 aliphatic heterocycles. The van der Waals surface area contributed by atoms with E-state index >= 15 is 0 Å². The lowest BCUT2D eigenvalue weighted by Crippen LogP contribution is -2.28. The highest BCUT2D eigenvalue weighted by atomic mass is 79.9. The summed E-state index contributed by atoms with van der Waals surface area (Å²) >= 11 is 11.0. The fourth-order valence-electron chi connectivity index (χ4n) is 3.30. The number of halogens is 1. The number of pyridine rings is 1. The maximum atomic E-state index is 5.70. The van der Waals surface area contributed by atoms with Gasteiger partial charge in [0.15, 0.2) is 5.11 Å². The van der Waals surface area contributed by atoms with E-state index in [1.165, 1.54) is 10.4 Å². The van der Waals surface area contributed by atoms with Gasteiger partial charge in [0.2, 0.25) is 0 Å². The molecule has 138 valence electrons. The summed E-state index contributed by atoms with van der Waals surface area (Å²) in [6.07, 6.45) is 1.83. The Kier molecular flexibility index (Phi) is 5.43. The smallest absolute Gasteiger partial charge is 0.170 e. The third-order valence-electron chi connectivity index (χ3n) is 4.60. The molecule has 0 amide bonds. The number of rotatable bonds is 5. The molecule has 4 nitrogen and oxygen atoms in total. The van der Waals surface area contributed by atoms with Crippen molar-refractivity contribution in [3.8, 4) is 5.75 Å². The van der Waals surface area contributed by atoms with Crippen LogP contribution in [0.1, 0.15) is 28.2 Å². The molecule has 0 bridgehead atoms. The van der Waals surface area contributed by atoms with Crippen LogP contribution in [0.25, 0.3) is 0 Å². The normalized spacial score (nSPS) is 19.2. The molecule has 0 unspecified atom stereocenters. The van der Waals surface area contributed by atoms with Gasteiger partial charge in [0.25, 0.3) is 0 Å². The van der Waals surface area contributed by atoms with E-state index in [0.29, 0.717) is 0 Å². The van der Waals surface area contributed by atoms with Crippen LogP contribution < -0.4 is 10.1 Å². The zero-order valence-electron chi connectivity index (χ0n) is 14.6. The second kappa shape index (κ2) is 7.96. The fourth-order valence-corrected chi connectivity index (χ4v) is 5.18. The predicted molar refractivity (Wildman–Crippen MR) is 116 cm³/mol. The van der Waals surface area contributed by atoms with Gasteiger partial charge in [0.05, 0.1) is 28.7 Å². The van der Waals surface area contributed by atoms with Crippen molar-refractivity contribution in [1.29, 1.82) is 0 Å². The van der Waals surface area contributed by atoms with Crippen LogP contribution in [0.3, 0.4) is 0 Å². The van der Waals surface area contributed by atoms with Crippen molar-refractivity contribution in [2.24, 2.45) is 0 Å². The molecule has 1 N–H and O–H groups in total. The van der Waals surface area contributed by atoms with Crippen LogP contribution in [0.2, 0.25) is 0 Å². The van der Waals surface area contributed by atoms with Crippen LogP contribution in [0, 0.1) is 0 Å². The zero-order chi connectivity index (χ0) is 18.8. The number of hydrogen-bond donors (Lipinski definition) is 1. The molecule has 1 aliphatic rings. The summed E-state index contributed by atoms with van der Waals surface area (Å²) in [5.41, 5.74) is 2.17. The molecule has 3 heterocycles. The average Bonchev–Trinajstić information content (AvgIpc) is 3.26. The second-order valence-corrected chi connectivity index (χ2v) is 9.13. The number of nitrogens with one attached hydrogen (secondary N) is 1. The maximum Gasteiger partial charge on any atom is 0.170 e. The molecule has 0 saturated carbocycles. The molecular formula is C20H18BrN3OS2. The lowest BCUT2D eigenvalue weighted by Gasteiger charge is -2.27. The molecule has 27 heavy (non-hydrogen) atoms. The summed E-state index contributed by atoms with van der Waals surface area (Å²) in [6, 6.07) is 18.5. The zero-order valence-corrected chi connectivity index (χ0v) is 17.9. The Labute approximate surface area is 176 Å². The minimum absolute atomic E-state index is 0.0162. The number of methoxy groups -OCH3 is 1. The molecule has 4 rings (SSSR count). The summed E-state index contributed by atoms with van der Waals surface area (Å²) < 4.78 is 6.38. The third-order valence-corrected chi connectivity index (χ3v) is 6.64. The van der Waals surface area contributed by atoms with Gasteiger partial charge < -0.3 is 15.0 Å². The predicted octanol–water partition coefficient (Wildman–Crippen LogP) is 5.09. The molecule has 2 aromatic heterocycles. The Bertz CT molecular complexity index is 930. The van der Waals surface area contributed by atoms with E-state index in [0.717, 1.165) is 26.9 Å². The Morgan fingerprint density at radius 2 is 2.00 bits per heavy atom. The van der Waals surface area contributed by atoms with Gasteiger partial charge in [-0.1, -0.05) is 18.2 Å². The van der Waals surface area contributed by atoms with Gasteiger partial charge in [-0.25, -0.2) is 0 Å². The van der Waals surface area contributed by atoms with Crippen LogP contribution in [-0.4, -0.2) is 22.1 Å². The van der Waals surface area contributed by atoms with E-state index in [1.807, 2.05) is 36.5 Å². The Balaban J connectivity index is 1.68. The van der Waals surface area contributed by atoms with Gasteiger partial charge in [0.1, 0.15) is 5.75 Å². The highest BCUT2D eigenvalue weighted by Gasteiger charge is 2.40. The second-order valence-electron chi connectivity index (χ2n) is 6.24. The van der Waals surface area contributed by atoms with Crippen LogP contribution in [0.4, 0.5) is 0 Å². The molecule has 0 aliphatic carbocycles. The van der Waals surface area contributed by atoms with Gasteiger partial charge in [-0.15, -0.1) is 11.3 Å². The molecule has 1 aromatic carbocycles. The molecule has 1 saturated heterocycles. The van der Waals surface area contributed by atoms with Gasteiger partial charge >= 0.3 is 0 Å². The SMILES string of the molecule is COc1ccc(CN2C(=S)N[C@@H](c3ccccn3)[C@@H]2c2ccc(Br)s2)cc1. The quantitative estimate of drug-likeness (QED) is 0.537. The molecule has 2 atom stereocenters. The lowest BCUT2D eigenvalue weighted by molar-refractivity contribution is 0.315. The van der Waals surface area contributed by atoms with E-state index in [4.69, 9.17) is 17.0 Å². The highest BCUT2D eigenvalue weighted by Crippen LogP contribution is 2.42. The average molecular weight is 460 g/mol. The first-order valence-electron chi connectivity index (χ1n) is 8.52. The number of benzene rings is 1. The van der Waals surface area contributed by atoms with Crippen molar-refractivity contribution in [2.75, 3.05) is 7.11 Å². The van der Waals surface area contributed by atoms with E-state index in [2.05, 4.69) is 55.4 Å². The Morgan fingerprint density at radius 1 is 1.19 bits per heavy atom. The molecule has 3 aromatic rings. The van der Waals surface area contributed by atoms with Crippen molar-refractivity contribution in [3.05, 3.63) is 80.7 Å².